The second-order valence-corrected chi connectivity index (χ2v) is 21.4. The Bertz CT molecular complexity index is 3100. The molecule has 8 atom stereocenters. The van der Waals surface area contributed by atoms with Gasteiger partial charge in [0.15, 0.2) is 57.6 Å². The minimum Gasteiger partial charge on any atom is -0.504 e. The van der Waals surface area contributed by atoms with E-state index in [4.69, 9.17) is 61.9 Å². The maximum absolute atomic E-state index is 13.2. The van der Waals surface area contributed by atoms with E-state index >= 15 is 0 Å². The van der Waals surface area contributed by atoms with Crippen LogP contribution in [0.2, 0.25) is 0 Å². The molecule has 0 aromatic heterocycles. The first-order valence-corrected chi connectivity index (χ1v) is 27.1. The Morgan fingerprint density at radius 1 is 0.588 bits per heavy atom. The van der Waals surface area contributed by atoms with Crippen LogP contribution in [-0.4, -0.2) is 109 Å². The molecule has 4 aliphatic carbocycles. The lowest BCUT2D eigenvalue weighted by Gasteiger charge is -2.60. The van der Waals surface area contributed by atoms with Crippen molar-refractivity contribution >= 4 is 34.7 Å². The summed E-state index contributed by atoms with van der Waals surface area (Å²) in [5, 5.41) is 10.2. The number of esters is 2. The van der Waals surface area contributed by atoms with E-state index in [2.05, 4.69) is 20.8 Å². The summed E-state index contributed by atoms with van der Waals surface area (Å²) in [5.74, 6) is 3.25. The minimum absolute atomic E-state index is 0.00147. The second-order valence-electron chi connectivity index (χ2n) is 21.4. The molecule has 0 radical (unpaired) electrons. The number of fused-ring (bicyclic) bond motifs is 4. The second kappa shape index (κ2) is 23.8. The molecule has 3 saturated heterocycles. The molecule has 18 heteroatoms. The highest BCUT2D eigenvalue weighted by Crippen LogP contribution is 2.62. The van der Waals surface area contributed by atoms with Gasteiger partial charge in [-0.3, -0.25) is 19.2 Å². The Balaban J connectivity index is 0.000000240. The van der Waals surface area contributed by atoms with Crippen LogP contribution in [0.25, 0.3) is 11.1 Å². The minimum atomic E-state index is -0.757. The Hall–Kier alpha value is -7.28. The van der Waals surface area contributed by atoms with Gasteiger partial charge in [-0.15, -0.1) is 0 Å². The van der Waals surface area contributed by atoms with Gasteiger partial charge in [-0.25, -0.2) is 9.78 Å². The molecular formula is C62H72O18. The molecule has 2 bridgehead atoms. The fourth-order valence-corrected chi connectivity index (χ4v) is 12.9. The summed E-state index contributed by atoms with van der Waals surface area (Å²) in [5.41, 5.74) is 4.76. The molecule has 5 fully saturated rings. The number of phenols is 1. The third-order valence-electron chi connectivity index (χ3n) is 16.9. The SMILES string of the molecule is COc1ccc(C2=CC(=O)CCc3c2cc(OC)c(OC)c3OC)cc1O.COc1ccc(C2=CC(=O)CCc3c2cc(OC)c(OC)c3OC)cc1OC(=O)CCC(=O)O[C@H]1O[C@H]2C[C@]3(C)CC[C@@H]4[C@@H](C)CC[C@H]([C@@H]1C)[C@]24OO3. The van der Waals surface area contributed by atoms with Crippen LogP contribution in [0.5, 0.6) is 57.5 Å². The Morgan fingerprint density at radius 3 is 1.66 bits per heavy atom. The van der Waals surface area contributed by atoms with Crippen LogP contribution in [-0.2, 0) is 51.3 Å². The summed E-state index contributed by atoms with van der Waals surface area (Å²) in [6.07, 6.45) is 7.90. The number of aromatic hydroxyl groups is 1. The number of phenolic OH excluding ortho intramolecular Hbond substituents is 1. The summed E-state index contributed by atoms with van der Waals surface area (Å²) >= 11 is 0. The number of carbonyl (C=O) groups is 4. The van der Waals surface area contributed by atoms with Crippen LogP contribution in [0.15, 0.2) is 60.7 Å². The molecule has 2 saturated carbocycles. The lowest BCUT2D eigenvalue weighted by atomic mass is 9.56. The number of allylic oxidation sites excluding steroid dienone is 2. The van der Waals surface area contributed by atoms with Crippen LogP contribution >= 0.6 is 0 Å². The van der Waals surface area contributed by atoms with Crippen molar-refractivity contribution in [2.45, 2.75) is 115 Å². The number of benzene rings is 4. The highest BCUT2D eigenvalue weighted by Gasteiger charge is 2.68. The zero-order chi connectivity index (χ0) is 57.2. The van der Waals surface area contributed by atoms with Crippen molar-refractivity contribution in [2.75, 3.05) is 56.9 Å². The van der Waals surface area contributed by atoms with Crippen molar-refractivity contribution in [3.63, 3.8) is 0 Å². The molecule has 80 heavy (non-hydrogen) atoms. The van der Waals surface area contributed by atoms with Crippen molar-refractivity contribution in [3.8, 4) is 57.5 Å². The molecule has 7 aliphatic rings. The standard InChI is InChI=1S/C41H50O12.C21H22O6/c1-22-8-12-30-23(2)39(50-34-21-40(3)17-16-29(22)41(30,34)53-52-40)51-36(44)15-14-35(43)49-32-18-24(9-13-31(32)45-4)27-19-25(42)10-11-26-28(27)20-33(46-5)38(48-7)37(26)47-6;1-24-18-8-5-12(9-17(18)23)15-10-13(22)6-7-14-16(15)11-19(25-2)21(27-4)20(14)26-3/h9,13,18-20,22-23,29-30,34,39H,8,10-12,14-17,21H2,1-7H3;5,8-11,23H,6-7H2,1-4H3/t22-,23-,29+,30+,34-,39+,40-,41-;/m0./s1. The average Bonchev–Trinajstić information content (AvgIpc) is 3.96. The number of carbonyl (C=O) groups excluding carboxylic acids is 4. The molecule has 0 amide bonds. The van der Waals surface area contributed by atoms with Gasteiger partial charge in [0.25, 0.3) is 0 Å². The predicted molar refractivity (Wildman–Crippen MR) is 292 cm³/mol. The first-order valence-electron chi connectivity index (χ1n) is 27.1. The van der Waals surface area contributed by atoms with Gasteiger partial charge >= 0.3 is 11.9 Å². The van der Waals surface area contributed by atoms with E-state index in [1.54, 1.807) is 77.0 Å². The van der Waals surface area contributed by atoms with Gasteiger partial charge in [-0.1, -0.05) is 26.0 Å². The normalized spacial score (nSPS) is 25.4. The molecule has 428 valence electrons. The van der Waals surface area contributed by atoms with E-state index in [0.29, 0.717) is 106 Å². The van der Waals surface area contributed by atoms with Gasteiger partial charge in [0.05, 0.1) is 75.8 Å². The van der Waals surface area contributed by atoms with Gasteiger partial charge in [-0.2, -0.15) is 0 Å². The third kappa shape index (κ3) is 10.8. The van der Waals surface area contributed by atoms with E-state index in [9.17, 15) is 24.3 Å². The molecule has 0 unspecified atom stereocenters. The van der Waals surface area contributed by atoms with Crippen molar-refractivity contribution in [1.29, 1.82) is 0 Å². The fourth-order valence-electron chi connectivity index (χ4n) is 12.9. The molecule has 18 nitrogen and oxygen atoms in total. The number of ketones is 2. The predicted octanol–water partition coefficient (Wildman–Crippen LogP) is 9.94. The van der Waals surface area contributed by atoms with E-state index in [-0.39, 0.29) is 60.3 Å². The van der Waals surface area contributed by atoms with Gasteiger partial charge in [-0.05, 0) is 139 Å². The first kappa shape index (κ1) is 57.4. The van der Waals surface area contributed by atoms with E-state index in [1.165, 1.54) is 28.4 Å². The zero-order valence-electron chi connectivity index (χ0n) is 47.4. The largest absolute Gasteiger partial charge is 0.504 e. The van der Waals surface area contributed by atoms with Crippen molar-refractivity contribution < 1.29 is 86.2 Å². The van der Waals surface area contributed by atoms with E-state index in [1.807, 2.05) is 12.1 Å². The van der Waals surface area contributed by atoms with Crippen LogP contribution < -0.4 is 42.6 Å². The van der Waals surface area contributed by atoms with Crippen molar-refractivity contribution in [2.24, 2.45) is 23.7 Å². The lowest BCUT2D eigenvalue weighted by molar-refractivity contribution is -0.494. The van der Waals surface area contributed by atoms with Crippen molar-refractivity contribution in [1.82, 2.24) is 0 Å². The summed E-state index contributed by atoms with van der Waals surface area (Å²) in [4.78, 5) is 64.2. The molecule has 1 N–H and O–H groups in total. The molecule has 11 rings (SSSR count). The van der Waals surface area contributed by atoms with Crippen LogP contribution in [0.1, 0.15) is 112 Å². The smallest absolute Gasteiger partial charge is 0.311 e. The summed E-state index contributed by atoms with van der Waals surface area (Å²) < 4.78 is 62.4. The molecular weight excluding hydrogens is 1030 g/mol. The number of methoxy groups -OCH3 is 8. The maximum Gasteiger partial charge on any atom is 0.311 e. The van der Waals surface area contributed by atoms with Gasteiger partial charge in [0.2, 0.25) is 17.8 Å². The number of rotatable bonds is 15. The zero-order valence-corrected chi connectivity index (χ0v) is 47.4. The lowest BCUT2D eigenvalue weighted by Crippen LogP contribution is -2.69. The molecule has 4 aromatic rings. The molecule has 3 heterocycles. The Kier molecular flexibility index (Phi) is 17.1. The highest BCUT2D eigenvalue weighted by molar-refractivity contribution is 6.04. The van der Waals surface area contributed by atoms with E-state index in [0.717, 1.165) is 47.9 Å². The fraction of sp³-hybridized carbons (Fsp3) is 0.484. The summed E-state index contributed by atoms with van der Waals surface area (Å²) in [6.45, 7) is 6.40. The summed E-state index contributed by atoms with van der Waals surface area (Å²) in [7, 11) is 12.2. The van der Waals surface area contributed by atoms with Gasteiger partial charge in [0.1, 0.15) is 11.2 Å². The van der Waals surface area contributed by atoms with E-state index < -0.39 is 29.4 Å². The van der Waals surface area contributed by atoms with Crippen LogP contribution in [0.3, 0.4) is 0 Å². The summed E-state index contributed by atoms with van der Waals surface area (Å²) in [6, 6.07) is 13.8. The van der Waals surface area contributed by atoms with Crippen LogP contribution in [0, 0.1) is 23.7 Å². The van der Waals surface area contributed by atoms with Crippen LogP contribution in [0.4, 0.5) is 0 Å². The quantitative estimate of drug-likeness (QED) is 0.0667. The first-order chi connectivity index (χ1) is 38.5. The molecule has 4 aromatic carbocycles. The van der Waals surface area contributed by atoms with Gasteiger partial charge < -0.3 is 57.2 Å². The monoisotopic (exact) mass is 1100 g/mol. The maximum atomic E-state index is 13.2. The number of hydrogen-bond acceptors (Lipinski definition) is 18. The Labute approximate surface area is 466 Å². The number of ether oxygens (including phenoxy) is 11. The van der Waals surface area contributed by atoms with Crippen molar-refractivity contribution in [3.05, 3.63) is 94.1 Å². The molecule has 1 spiro atoms. The Morgan fingerprint density at radius 2 is 1.12 bits per heavy atom. The highest BCUT2D eigenvalue weighted by atomic mass is 17.2. The average molecular weight is 1110 g/mol. The third-order valence-corrected chi connectivity index (χ3v) is 16.9. The topological polar surface area (TPSA) is 208 Å². The molecule has 3 aliphatic heterocycles. The number of hydrogen-bond donors (Lipinski definition) is 1. The van der Waals surface area contributed by atoms with Gasteiger partial charge in [0, 0.05) is 42.2 Å².